The number of ether oxygens (including phenoxy) is 1. The molecule has 0 radical (unpaired) electrons. The Labute approximate surface area is 123 Å². The summed E-state index contributed by atoms with van der Waals surface area (Å²) >= 11 is 9.41. The first-order valence-corrected chi connectivity index (χ1v) is 7.96. The zero-order valence-electron chi connectivity index (χ0n) is 10.0. The molecule has 6 heteroatoms. The Morgan fingerprint density at radius 2 is 2.11 bits per heavy atom. The number of hydrogen-bond donors (Lipinski definition) is 0. The van der Waals surface area contributed by atoms with Crippen molar-refractivity contribution in [3.05, 3.63) is 44.8 Å². The van der Waals surface area contributed by atoms with E-state index in [1.165, 1.54) is 4.88 Å². The average molecular weight is 311 g/mol. The summed E-state index contributed by atoms with van der Waals surface area (Å²) in [5, 5.41) is 5.45. The average Bonchev–Trinajstić information content (AvgIpc) is 3.05. The van der Waals surface area contributed by atoms with Gasteiger partial charge in [-0.05, 0) is 22.9 Å². The Bertz CT molecular complexity index is 666. The van der Waals surface area contributed by atoms with Crippen molar-refractivity contribution >= 4 is 44.5 Å². The normalized spacial score (nSPS) is 11.2. The van der Waals surface area contributed by atoms with Gasteiger partial charge in [0.15, 0.2) is 5.82 Å². The van der Waals surface area contributed by atoms with Gasteiger partial charge in [-0.1, -0.05) is 17.7 Å². The second-order valence-corrected chi connectivity index (χ2v) is 6.24. The fourth-order valence-corrected chi connectivity index (χ4v) is 3.50. The highest BCUT2D eigenvalue weighted by molar-refractivity contribution is 7.16. The Hall–Kier alpha value is -1.01. The predicted molar refractivity (Wildman–Crippen MR) is 80.1 cm³/mol. The van der Waals surface area contributed by atoms with Gasteiger partial charge in [0.2, 0.25) is 0 Å². The highest BCUT2D eigenvalue weighted by atomic mass is 35.5. The Balaban J connectivity index is 1.59. The molecule has 3 aromatic heterocycles. The first-order valence-electron chi connectivity index (χ1n) is 5.82. The third-order valence-electron chi connectivity index (χ3n) is 2.63. The molecule has 0 N–H and O–H groups in total. The third-order valence-corrected chi connectivity index (χ3v) is 4.66. The highest BCUT2D eigenvalue weighted by Gasteiger charge is 2.07. The van der Waals surface area contributed by atoms with Gasteiger partial charge in [0, 0.05) is 16.7 Å². The van der Waals surface area contributed by atoms with Crippen molar-refractivity contribution in [3.8, 4) is 0 Å². The van der Waals surface area contributed by atoms with E-state index >= 15 is 0 Å². The molecule has 19 heavy (non-hydrogen) atoms. The van der Waals surface area contributed by atoms with Crippen LogP contribution in [0.25, 0.3) is 10.2 Å². The van der Waals surface area contributed by atoms with Crippen molar-refractivity contribution in [3.63, 3.8) is 0 Å². The summed E-state index contributed by atoms with van der Waals surface area (Å²) in [6.45, 7) is 1.07. The minimum atomic E-state index is 0.402. The zero-order chi connectivity index (χ0) is 13.1. The lowest BCUT2D eigenvalue weighted by atomic mass is 10.4. The third kappa shape index (κ3) is 3.12. The van der Waals surface area contributed by atoms with Crippen molar-refractivity contribution in [1.29, 1.82) is 0 Å². The molecule has 3 nitrogen and oxygen atoms in total. The number of fused-ring (bicyclic) bond motifs is 1. The van der Waals surface area contributed by atoms with Gasteiger partial charge in [-0.3, -0.25) is 0 Å². The molecule has 0 aliphatic heterocycles. The van der Waals surface area contributed by atoms with Gasteiger partial charge in [0.25, 0.3) is 0 Å². The molecule has 0 aromatic carbocycles. The number of hydrogen-bond acceptors (Lipinski definition) is 5. The molecule has 3 heterocycles. The van der Waals surface area contributed by atoms with Gasteiger partial charge in [-0.15, -0.1) is 22.7 Å². The van der Waals surface area contributed by atoms with E-state index in [2.05, 4.69) is 21.4 Å². The van der Waals surface area contributed by atoms with Crippen LogP contribution >= 0.6 is 34.3 Å². The highest BCUT2D eigenvalue weighted by Crippen LogP contribution is 2.24. The summed E-state index contributed by atoms with van der Waals surface area (Å²) in [6.07, 6.45) is 0.923. The van der Waals surface area contributed by atoms with E-state index < -0.39 is 0 Å². The Kier molecular flexibility index (Phi) is 4.08. The molecule has 0 aliphatic carbocycles. The Morgan fingerprint density at radius 1 is 1.16 bits per heavy atom. The molecule has 98 valence electrons. The number of halogens is 1. The van der Waals surface area contributed by atoms with Crippen LogP contribution in [0.15, 0.2) is 29.0 Å². The molecule has 0 saturated carbocycles. The minimum Gasteiger partial charge on any atom is -0.373 e. The summed E-state index contributed by atoms with van der Waals surface area (Å²) in [7, 11) is 0. The molecular weight excluding hydrogens is 300 g/mol. The monoisotopic (exact) mass is 310 g/mol. The van der Waals surface area contributed by atoms with Gasteiger partial charge in [0.05, 0.1) is 6.61 Å². The van der Waals surface area contributed by atoms with E-state index in [0.29, 0.717) is 24.2 Å². The van der Waals surface area contributed by atoms with Crippen LogP contribution in [0.4, 0.5) is 0 Å². The molecule has 0 spiro atoms. The van der Waals surface area contributed by atoms with Crippen LogP contribution < -0.4 is 0 Å². The summed E-state index contributed by atoms with van der Waals surface area (Å²) in [5.74, 6) is 0.645. The molecular formula is C13H11ClN2OS2. The predicted octanol–water partition coefficient (Wildman–Crippen LogP) is 4.17. The van der Waals surface area contributed by atoms with E-state index in [1.54, 1.807) is 22.7 Å². The molecule has 0 atom stereocenters. The minimum absolute atomic E-state index is 0.402. The number of nitrogens with zero attached hydrogens (tertiary/aromatic N) is 2. The van der Waals surface area contributed by atoms with E-state index in [-0.39, 0.29) is 0 Å². The van der Waals surface area contributed by atoms with Crippen LogP contribution in [0.5, 0.6) is 0 Å². The number of thiophene rings is 2. The SMILES string of the molecule is Clc1nc(COCCc2cccs2)nc2sccc12. The summed E-state index contributed by atoms with van der Waals surface area (Å²) in [4.78, 5) is 10.9. The molecule has 0 bridgehead atoms. The fraction of sp³-hybridized carbons (Fsp3) is 0.231. The van der Waals surface area contributed by atoms with Gasteiger partial charge in [-0.25, -0.2) is 9.97 Å². The molecule has 0 fully saturated rings. The summed E-state index contributed by atoms with van der Waals surface area (Å²) < 4.78 is 5.60. The molecule has 0 unspecified atom stereocenters. The maximum atomic E-state index is 6.10. The molecule has 3 rings (SSSR count). The molecule has 3 aromatic rings. The van der Waals surface area contributed by atoms with Crippen LogP contribution in [0.3, 0.4) is 0 Å². The molecule has 0 amide bonds. The smallest absolute Gasteiger partial charge is 0.157 e. The van der Waals surface area contributed by atoms with Gasteiger partial charge >= 0.3 is 0 Å². The van der Waals surface area contributed by atoms with E-state index in [1.807, 2.05) is 17.5 Å². The summed E-state index contributed by atoms with van der Waals surface area (Å²) in [6, 6.07) is 6.09. The first kappa shape index (κ1) is 13.0. The Morgan fingerprint density at radius 3 is 2.95 bits per heavy atom. The lowest BCUT2D eigenvalue weighted by molar-refractivity contribution is 0.119. The van der Waals surface area contributed by atoms with Crippen LogP contribution in [0, 0.1) is 0 Å². The van der Waals surface area contributed by atoms with Crippen LogP contribution in [-0.4, -0.2) is 16.6 Å². The van der Waals surface area contributed by atoms with Crippen molar-refractivity contribution in [2.75, 3.05) is 6.61 Å². The van der Waals surface area contributed by atoms with Crippen molar-refractivity contribution in [1.82, 2.24) is 9.97 Å². The maximum Gasteiger partial charge on any atom is 0.157 e. The maximum absolute atomic E-state index is 6.10. The largest absolute Gasteiger partial charge is 0.373 e. The van der Waals surface area contributed by atoms with Gasteiger partial charge in [0.1, 0.15) is 16.6 Å². The first-order chi connectivity index (χ1) is 9.33. The van der Waals surface area contributed by atoms with Gasteiger partial charge in [-0.2, -0.15) is 0 Å². The second kappa shape index (κ2) is 5.96. The lowest BCUT2D eigenvalue weighted by Crippen LogP contribution is -2.02. The van der Waals surface area contributed by atoms with Crippen molar-refractivity contribution in [2.24, 2.45) is 0 Å². The number of aromatic nitrogens is 2. The number of rotatable bonds is 5. The van der Waals surface area contributed by atoms with Crippen molar-refractivity contribution in [2.45, 2.75) is 13.0 Å². The zero-order valence-corrected chi connectivity index (χ0v) is 12.4. The lowest BCUT2D eigenvalue weighted by Gasteiger charge is -2.03. The fourth-order valence-electron chi connectivity index (χ4n) is 1.72. The van der Waals surface area contributed by atoms with E-state index in [4.69, 9.17) is 16.3 Å². The molecule has 0 saturated heterocycles. The van der Waals surface area contributed by atoms with Crippen LogP contribution in [-0.2, 0) is 17.8 Å². The van der Waals surface area contributed by atoms with Crippen molar-refractivity contribution < 1.29 is 4.74 Å². The molecule has 0 aliphatic rings. The van der Waals surface area contributed by atoms with Crippen LogP contribution in [0.2, 0.25) is 5.15 Å². The quantitative estimate of drug-likeness (QED) is 0.524. The van der Waals surface area contributed by atoms with Gasteiger partial charge < -0.3 is 4.74 Å². The van der Waals surface area contributed by atoms with E-state index in [0.717, 1.165) is 16.6 Å². The standard InChI is InChI=1S/C13H11ClN2OS2/c14-12-10-4-7-19-13(10)16-11(15-12)8-17-5-3-9-2-1-6-18-9/h1-2,4,6-7H,3,5,8H2. The van der Waals surface area contributed by atoms with Crippen LogP contribution in [0.1, 0.15) is 10.7 Å². The topological polar surface area (TPSA) is 35.0 Å². The summed E-state index contributed by atoms with van der Waals surface area (Å²) in [5.41, 5.74) is 0. The second-order valence-electron chi connectivity index (χ2n) is 3.95. The van der Waals surface area contributed by atoms with E-state index in [9.17, 15) is 0 Å².